The zero-order valence-electron chi connectivity index (χ0n) is 11.6. The van der Waals surface area contributed by atoms with Crippen LogP contribution in [-0.4, -0.2) is 16.7 Å². The number of halogens is 1. The zero-order chi connectivity index (χ0) is 14.4. The number of hydrogen-bond donors (Lipinski definition) is 1. The van der Waals surface area contributed by atoms with Crippen molar-refractivity contribution in [1.29, 1.82) is 0 Å². The van der Waals surface area contributed by atoms with E-state index in [1.165, 1.54) is 18.5 Å². The minimum atomic E-state index is -0.279. The van der Waals surface area contributed by atoms with Crippen molar-refractivity contribution >= 4 is 0 Å². The van der Waals surface area contributed by atoms with Gasteiger partial charge in [0.1, 0.15) is 11.6 Å². The van der Waals surface area contributed by atoms with Crippen molar-refractivity contribution in [3.8, 4) is 5.75 Å². The molecule has 0 amide bonds. The second-order valence-electron chi connectivity index (χ2n) is 4.91. The molecule has 2 rings (SSSR count). The average Bonchev–Trinajstić information content (AvgIpc) is 2.90. The highest BCUT2D eigenvalue weighted by Gasteiger charge is 2.08. The summed E-state index contributed by atoms with van der Waals surface area (Å²) in [6, 6.07) is 4.46. The lowest BCUT2D eigenvalue weighted by molar-refractivity contribution is 0.282. The average molecular weight is 279 g/mol. The molecule has 5 nitrogen and oxygen atoms in total. The van der Waals surface area contributed by atoms with Crippen LogP contribution in [0.15, 0.2) is 29.1 Å². The van der Waals surface area contributed by atoms with Crippen LogP contribution in [-0.2, 0) is 13.2 Å². The molecule has 0 aliphatic rings. The fourth-order valence-electron chi connectivity index (χ4n) is 1.72. The molecule has 0 aliphatic heterocycles. The summed E-state index contributed by atoms with van der Waals surface area (Å²) in [7, 11) is 0. The molecule has 1 aromatic carbocycles. The van der Waals surface area contributed by atoms with Crippen LogP contribution < -0.4 is 10.1 Å². The summed E-state index contributed by atoms with van der Waals surface area (Å²) in [5, 5.41) is 6.93. The Balaban J connectivity index is 1.99. The van der Waals surface area contributed by atoms with Gasteiger partial charge in [-0.3, -0.25) is 0 Å². The first-order valence-corrected chi connectivity index (χ1v) is 6.52. The molecule has 2 aromatic rings. The van der Waals surface area contributed by atoms with E-state index >= 15 is 0 Å². The maximum atomic E-state index is 13.3. The fourth-order valence-corrected chi connectivity index (χ4v) is 1.72. The number of aromatic nitrogens is 2. The van der Waals surface area contributed by atoms with Gasteiger partial charge in [-0.1, -0.05) is 19.0 Å². The van der Waals surface area contributed by atoms with Gasteiger partial charge in [0.15, 0.2) is 6.61 Å². The third kappa shape index (κ3) is 4.31. The normalized spacial score (nSPS) is 11.0. The molecule has 0 bridgehead atoms. The molecule has 1 N–H and O–H groups in total. The Hall–Kier alpha value is -1.95. The topological polar surface area (TPSA) is 60.2 Å². The first kappa shape index (κ1) is 14.5. The molecule has 0 spiro atoms. The molecule has 0 saturated heterocycles. The van der Waals surface area contributed by atoms with Crippen molar-refractivity contribution in [2.45, 2.75) is 27.0 Å². The van der Waals surface area contributed by atoms with Crippen molar-refractivity contribution in [2.24, 2.45) is 5.92 Å². The Morgan fingerprint density at radius 1 is 1.40 bits per heavy atom. The number of ether oxygens (including phenoxy) is 1. The van der Waals surface area contributed by atoms with Crippen LogP contribution in [0.3, 0.4) is 0 Å². The van der Waals surface area contributed by atoms with Crippen molar-refractivity contribution in [3.63, 3.8) is 0 Å². The van der Waals surface area contributed by atoms with Gasteiger partial charge in [0, 0.05) is 12.1 Å². The van der Waals surface area contributed by atoms with Crippen LogP contribution >= 0.6 is 0 Å². The number of nitrogens with zero attached hydrogens (tertiary/aromatic N) is 2. The van der Waals surface area contributed by atoms with E-state index in [0.29, 0.717) is 24.0 Å². The first-order valence-electron chi connectivity index (χ1n) is 6.52. The van der Waals surface area contributed by atoms with E-state index in [1.54, 1.807) is 6.07 Å². The van der Waals surface area contributed by atoms with Gasteiger partial charge in [0.2, 0.25) is 12.2 Å². The van der Waals surface area contributed by atoms with E-state index in [0.717, 1.165) is 12.1 Å². The lowest BCUT2D eigenvalue weighted by atomic mass is 10.1. The van der Waals surface area contributed by atoms with Crippen LogP contribution in [0.2, 0.25) is 0 Å². The molecule has 20 heavy (non-hydrogen) atoms. The predicted octanol–water partition coefficient (Wildman–Crippen LogP) is 2.53. The quantitative estimate of drug-likeness (QED) is 0.844. The largest absolute Gasteiger partial charge is 0.485 e. The van der Waals surface area contributed by atoms with Crippen molar-refractivity contribution in [2.75, 3.05) is 6.54 Å². The monoisotopic (exact) mass is 279 g/mol. The van der Waals surface area contributed by atoms with E-state index in [2.05, 4.69) is 33.8 Å². The van der Waals surface area contributed by atoms with Crippen LogP contribution in [0.5, 0.6) is 5.75 Å². The summed E-state index contributed by atoms with van der Waals surface area (Å²) in [6.07, 6.45) is 1.24. The summed E-state index contributed by atoms with van der Waals surface area (Å²) in [4.78, 5) is 3.87. The summed E-state index contributed by atoms with van der Waals surface area (Å²) >= 11 is 0. The summed E-state index contributed by atoms with van der Waals surface area (Å²) in [5.41, 5.74) is 0.772. The highest BCUT2D eigenvalue weighted by atomic mass is 19.1. The molecule has 0 saturated carbocycles. The van der Waals surface area contributed by atoms with Crippen molar-refractivity contribution in [3.05, 3.63) is 41.8 Å². The Kier molecular flexibility index (Phi) is 5.06. The molecular weight excluding hydrogens is 261 g/mol. The van der Waals surface area contributed by atoms with Gasteiger partial charge < -0.3 is 14.6 Å². The maximum Gasteiger partial charge on any atom is 0.213 e. The molecule has 1 heterocycles. The summed E-state index contributed by atoms with van der Waals surface area (Å²) in [5.74, 6) is 1.33. The number of rotatable bonds is 7. The van der Waals surface area contributed by atoms with Gasteiger partial charge in [-0.2, -0.15) is 4.98 Å². The van der Waals surface area contributed by atoms with Crippen LogP contribution in [0.1, 0.15) is 25.2 Å². The molecule has 0 unspecified atom stereocenters. The predicted molar refractivity (Wildman–Crippen MR) is 71.6 cm³/mol. The molecule has 0 fully saturated rings. The Bertz CT molecular complexity index is 529. The summed E-state index contributed by atoms with van der Waals surface area (Å²) < 4.78 is 23.6. The molecule has 0 radical (unpaired) electrons. The van der Waals surface area contributed by atoms with E-state index in [9.17, 15) is 4.39 Å². The van der Waals surface area contributed by atoms with E-state index in [4.69, 9.17) is 4.74 Å². The molecule has 0 atom stereocenters. The molecule has 6 heteroatoms. The van der Waals surface area contributed by atoms with Gasteiger partial charge in [-0.05, 0) is 30.7 Å². The van der Waals surface area contributed by atoms with E-state index < -0.39 is 0 Å². The lowest BCUT2D eigenvalue weighted by Gasteiger charge is -2.12. The smallest absolute Gasteiger partial charge is 0.213 e. The van der Waals surface area contributed by atoms with Crippen LogP contribution in [0, 0.1) is 11.7 Å². The van der Waals surface area contributed by atoms with Crippen LogP contribution in [0.25, 0.3) is 0 Å². The fraction of sp³-hybridized carbons (Fsp3) is 0.429. The first-order chi connectivity index (χ1) is 9.65. The summed E-state index contributed by atoms with van der Waals surface area (Å²) in [6.45, 7) is 5.84. The highest BCUT2D eigenvalue weighted by Crippen LogP contribution is 2.20. The molecule has 0 aliphatic carbocycles. The standard InChI is InChI=1S/C14H18FN3O2/c1-10(2)6-16-7-11-5-12(15)3-4-13(11)19-8-14-17-9-20-18-14/h3-5,9-10,16H,6-8H2,1-2H3. The minimum Gasteiger partial charge on any atom is -0.485 e. The maximum absolute atomic E-state index is 13.3. The molecule has 108 valence electrons. The molecular formula is C14H18FN3O2. The number of nitrogens with one attached hydrogen (secondary N) is 1. The third-order valence-corrected chi connectivity index (χ3v) is 2.65. The van der Waals surface area contributed by atoms with E-state index in [-0.39, 0.29) is 12.4 Å². The Morgan fingerprint density at radius 3 is 2.95 bits per heavy atom. The third-order valence-electron chi connectivity index (χ3n) is 2.65. The van der Waals surface area contributed by atoms with Gasteiger partial charge in [-0.15, -0.1) is 0 Å². The van der Waals surface area contributed by atoms with Gasteiger partial charge >= 0.3 is 0 Å². The number of hydrogen-bond acceptors (Lipinski definition) is 5. The van der Waals surface area contributed by atoms with Crippen LogP contribution in [0.4, 0.5) is 4.39 Å². The Morgan fingerprint density at radius 2 is 2.25 bits per heavy atom. The highest BCUT2D eigenvalue weighted by molar-refractivity contribution is 5.34. The lowest BCUT2D eigenvalue weighted by Crippen LogP contribution is -2.19. The zero-order valence-corrected chi connectivity index (χ0v) is 11.6. The van der Waals surface area contributed by atoms with E-state index in [1.807, 2.05) is 0 Å². The van der Waals surface area contributed by atoms with Crippen molar-refractivity contribution < 1.29 is 13.7 Å². The second-order valence-corrected chi connectivity index (χ2v) is 4.91. The minimum absolute atomic E-state index is 0.194. The van der Waals surface area contributed by atoms with Gasteiger partial charge in [-0.25, -0.2) is 4.39 Å². The van der Waals surface area contributed by atoms with Gasteiger partial charge in [0.05, 0.1) is 0 Å². The van der Waals surface area contributed by atoms with Crippen molar-refractivity contribution in [1.82, 2.24) is 15.5 Å². The number of benzene rings is 1. The Labute approximate surface area is 117 Å². The molecule has 1 aromatic heterocycles. The SMILES string of the molecule is CC(C)CNCc1cc(F)ccc1OCc1ncon1. The van der Waals surface area contributed by atoms with Gasteiger partial charge in [0.25, 0.3) is 0 Å². The second kappa shape index (κ2) is 7.00.